The third-order valence-corrected chi connectivity index (χ3v) is 7.09. The number of amides is 1. The lowest BCUT2D eigenvalue weighted by Crippen LogP contribution is -2.43. The summed E-state index contributed by atoms with van der Waals surface area (Å²) in [6.45, 7) is 7.11. The molecule has 0 saturated heterocycles. The Morgan fingerprint density at radius 1 is 1.15 bits per heavy atom. The van der Waals surface area contributed by atoms with Crippen molar-refractivity contribution in [2.45, 2.75) is 45.8 Å². The summed E-state index contributed by atoms with van der Waals surface area (Å²) in [5.74, 6) is -0.0453. The number of fused-ring (bicyclic) bond motifs is 2. The lowest BCUT2D eigenvalue weighted by Gasteiger charge is -2.32. The van der Waals surface area contributed by atoms with Gasteiger partial charge >= 0.3 is 5.97 Å². The van der Waals surface area contributed by atoms with Gasteiger partial charge in [-0.05, 0) is 79.3 Å². The van der Waals surface area contributed by atoms with Crippen LogP contribution in [-0.2, 0) is 13.0 Å². The SMILES string of the molecule is Cc1cc2c(c(C(C)Nc3ccccc3C(=O)O)c1C)CN(C1COc3ccccc3C1)C2=O. The number of carbonyl (C=O) groups excluding carboxylic acids is 1. The number of nitrogens with zero attached hydrogens (tertiary/aromatic N) is 1. The second-order valence-corrected chi connectivity index (χ2v) is 9.18. The molecule has 174 valence electrons. The predicted octanol–water partition coefficient (Wildman–Crippen LogP) is 5.13. The number of hydrogen-bond donors (Lipinski definition) is 2. The van der Waals surface area contributed by atoms with E-state index in [1.807, 2.05) is 49.1 Å². The summed E-state index contributed by atoms with van der Waals surface area (Å²) in [6, 6.07) is 16.7. The molecule has 5 rings (SSSR count). The van der Waals surface area contributed by atoms with Gasteiger partial charge in [-0.25, -0.2) is 4.79 Å². The van der Waals surface area contributed by atoms with Crippen molar-refractivity contribution >= 4 is 17.6 Å². The molecule has 6 nitrogen and oxygen atoms in total. The molecule has 0 saturated carbocycles. The fourth-order valence-corrected chi connectivity index (χ4v) is 5.25. The number of para-hydroxylation sites is 2. The second kappa shape index (κ2) is 8.52. The molecule has 2 aliphatic rings. The van der Waals surface area contributed by atoms with Gasteiger partial charge in [-0.15, -0.1) is 0 Å². The van der Waals surface area contributed by atoms with Crippen LogP contribution in [0.2, 0.25) is 0 Å². The van der Waals surface area contributed by atoms with Crippen molar-refractivity contribution < 1.29 is 19.4 Å². The number of aryl methyl sites for hydroxylation is 1. The van der Waals surface area contributed by atoms with Gasteiger partial charge in [-0.1, -0.05) is 30.3 Å². The number of aromatic carboxylic acids is 1. The Morgan fingerprint density at radius 3 is 2.68 bits per heavy atom. The number of carbonyl (C=O) groups is 2. The van der Waals surface area contributed by atoms with Crippen LogP contribution in [0.15, 0.2) is 54.6 Å². The lowest BCUT2D eigenvalue weighted by molar-refractivity contribution is 0.0611. The van der Waals surface area contributed by atoms with Crippen molar-refractivity contribution in [2.75, 3.05) is 11.9 Å². The van der Waals surface area contributed by atoms with Crippen LogP contribution >= 0.6 is 0 Å². The monoisotopic (exact) mass is 456 g/mol. The van der Waals surface area contributed by atoms with Crippen LogP contribution in [0.25, 0.3) is 0 Å². The van der Waals surface area contributed by atoms with E-state index in [2.05, 4.69) is 18.3 Å². The van der Waals surface area contributed by atoms with Crippen LogP contribution in [-0.4, -0.2) is 34.5 Å². The van der Waals surface area contributed by atoms with Crippen molar-refractivity contribution in [3.63, 3.8) is 0 Å². The minimum Gasteiger partial charge on any atom is -0.491 e. The van der Waals surface area contributed by atoms with Crippen LogP contribution in [0.1, 0.15) is 61.5 Å². The Bertz CT molecular complexity index is 1300. The molecule has 0 bridgehead atoms. The van der Waals surface area contributed by atoms with Gasteiger partial charge in [0.15, 0.2) is 0 Å². The molecule has 0 fully saturated rings. The predicted molar refractivity (Wildman–Crippen MR) is 131 cm³/mol. The summed E-state index contributed by atoms with van der Waals surface area (Å²) >= 11 is 0. The second-order valence-electron chi connectivity index (χ2n) is 9.18. The van der Waals surface area contributed by atoms with E-state index in [0.29, 0.717) is 18.8 Å². The average Bonchev–Trinajstić information content (AvgIpc) is 3.15. The van der Waals surface area contributed by atoms with Gasteiger partial charge in [0, 0.05) is 23.8 Å². The molecular formula is C28H28N2O4. The first kappa shape index (κ1) is 22.0. The molecule has 1 amide bonds. The van der Waals surface area contributed by atoms with Gasteiger partial charge in [-0.2, -0.15) is 0 Å². The van der Waals surface area contributed by atoms with Crippen LogP contribution in [0.5, 0.6) is 5.75 Å². The molecule has 34 heavy (non-hydrogen) atoms. The molecule has 2 N–H and O–H groups in total. The van der Waals surface area contributed by atoms with Crippen molar-refractivity contribution in [3.05, 3.63) is 93.5 Å². The number of anilines is 1. The molecule has 0 aliphatic carbocycles. The number of rotatable bonds is 5. The summed E-state index contributed by atoms with van der Waals surface area (Å²) < 4.78 is 5.97. The fourth-order valence-electron chi connectivity index (χ4n) is 5.25. The summed E-state index contributed by atoms with van der Waals surface area (Å²) in [6.07, 6.45) is 0.767. The first-order valence-corrected chi connectivity index (χ1v) is 11.6. The smallest absolute Gasteiger partial charge is 0.337 e. The number of hydrogen-bond acceptors (Lipinski definition) is 4. The zero-order valence-corrected chi connectivity index (χ0v) is 19.6. The highest BCUT2D eigenvalue weighted by Crippen LogP contribution is 2.38. The number of carboxylic acid groups (broad SMARTS) is 1. The fraction of sp³-hybridized carbons (Fsp3) is 0.286. The molecule has 3 aromatic carbocycles. The molecule has 2 atom stereocenters. The third-order valence-electron chi connectivity index (χ3n) is 7.09. The first-order chi connectivity index (χ1) is 16.3. The molecule has 3 aromatic rings. The maximum absolute atomic E-state index is 13.5. The highest BCUT2D eigenvalue weighted by atomic mass is 16.5. The van der Waals surface area contributed by atoms with Crippen molar-refractivity contribution in [1.82, 2.24) is 4.90 Å². The van der Waals surface area contributed by atoms with Crippen molar-refractivity contribution in [3.8, 4) is 5.75 Å². The number of ether oxygens (including phenoxy) is 1. The number of nitrogens with one attached hydrogen (secondary N) is 1. The molecule has 2 heterocycles. The highest BCUT2D eigenvalue weighted by Gasteiger charge is 2.38. The summed E-state index contributed by atoms with van der Waals surface area (Å²) in [7, 11) is 0. The van der Waals surface area contributed by atoms with E-state index < -0.39 is 5.97 Å². The standard InChI is InChI=1S/C28H28N2O4/c1-16-12-22-23(14-30(27(22)31)20-13-19-8-4-7-11-25(19)34-15-20)26(17(16)2)18(3)29-24-10-6-5-9-21(24)28(32)33/h4-12,18,20,29H,13-15H2,1-3H3,(H,32,33). The molecule has 6 heteroatoms. The maximum Gasteiger partial charge on any atom is 0.337 e. The highest BCUT2D eigenvalue weighted by molar-refractivity contribution is 5.99. The Balaban J connectivity index is 1.47. The zero-order chi connectivity index (χ0) is 24.0. The van der Waals surface area contributed by atoms with Gasteiger partial charge in [0.1, 0.15) is 12.4 Å². The van der Waals surface area contributed by atoms with Gasteiger partial charge < -0.3 is 20.1 Å². The van der Waals surface area contributed by atoms with Crippen LogP contribution in [0.3, 0.4) is 0 Å². The minimum atomic E-state index is -0.972. The molecule has 0 radical (unpaired) electrons. The topological polar surface area (TPSA) is 78.9 Å². The molecule has 2 unspecified atom stereocenters. The van der Waals surface area contributed by atoms with E-state index >= 15 is 0 Å². The Hall–Kier alpha value is -3.80. The summed E-state index contributed by atoms with van der Waals surface area (Å²) in [4.78, 5) is 27.1. The Morgan fingerprint density at radius 2 is 1.88 bits per heavy atom. The average molecular weight is 457 g/mol. The van der Waals surface area contributed by atoms with E-state index in [9.17, 15) is 14.7 Å². The minimum absolute atomic E-state index is 0.0285. The van der Waals surface area contributed by atoms with E-state index in [-0.39, 0.29) is 23.6 Å². The van der Waals surface area contributed by atoms with Gasteiger partial charge in [0.25, 0.3) is 5.91 Å². The van der Waals surface area contributed by atoms with Crippen LogP contribution < -0.4 is 10.1 Å². The quantitative estimate of drug-likeness (QED) is 0.556. The zero-order valence-electron chi connectivity index (χ0n) is 19.6. The lowest BCUT2D eigenvalue weighted by atomic mass is 9.90. The molecule has 0 spiro atoms. The van der Waals surface area contributed by atoms with Gasteiger partial charge in [0.05, 0.1) is 11.6 Å². The number of benzene rings is 3. The van der Waals surface area contributed by atoms with Gasteiger partial charge in [-0.3, -0.25) is 4.79 Å². The third kappa shape index (κ3) is 3.69. The molecular weight excluding hydrogens is 428 g/mol. The van der Waals surface area contributed by atoms with E-state index in [1.54, 1.807) is 18.2 Å². The van der Waals surface area contributed by atoms with Crippen molar-refractivity contribution in [2.24, 2.45) is 0 Å². The van der Waals surface area contributed by atoms with E-state index in [1.165, 1.54) is 0 Å². The van der Waals surface area contributed by atoms with Crippen LogP contribution in [0, 0.1) is 13.8 Å². The summed E-state index contributed by atoms with van der Waals surface area (Å²) in [5.41, 5.74) is 6.89. The normalized spacial score (nSPS) is 17.6. The largest absolute Gasteiger partial charge is 0.491 e. The Kier molecular flexibility index (Phi) is 5.52. The number of carboxylic acids is 1. The van der Waals surface area contributed by atoms with E-state index in [4.69, 9.17) is 4.74 Å². The van der Waals surface area contributed by atoms with Crippen LogP contribution in [0.4, 0.5) is 5.69 Å². The summed E-state index contributed by atoms with van der Waals surface area (Å²) in [5, 5.41) is 13.0. The van der Waals surface area contributed by atoms with Crippen molar-refractivity contribution in [1.29, 1.82) is 0 Å². The maximum atomic E-state index is 13.5. The van der Waals surface area contributed by atoms with Gasteiger partial charge in [0.2, 0.25) is 0 Å². The van der Waals surface area contributed by atoms with E-state index in [0.717, 1.165) is 45.6 Å². The Labute approximate surface area is 199 Å². The first-order valence-electron chi connectivity index (χ1n) is 11.6. The molecule has 0 aromatic heterocycles. The molecule has 2 aliphatic heterocycles.